The largest absolute Gasteiger partial charge is 0.469 e. The van der Waals surface area contributed by atoms with E-state index in [9.17, 15) is 24.0 Å². The van der Waals surface area contributed by atoms with Crippen LogP contribution in [0.5, 0.6) is 0 Å². The van der Waals surface area contributed by atoms with Crippen molar-refractivity contribution in [3.63, 3.8) is 0 Å². The summed E-state index contributed by atoms with van der Waals surface area (Å²) in [5.74, 6) is -0.628. The number of rotatable bonds is 39. The van der Waals surface area contributed by atoms with Crippen LogP contribution in [0, 0.1) is 0 Å². The van der Waals surface area contributed by atoms with E-state index in [1.807, 2.05) is 14.1 Å². The zero-order valence-corrected chi connectivity index (χ0v) is 34.9. The van der Waals surface area contributed by atoms with Gasteiger partial charge < -0.3 is 28.6 Å². The minimum Gasteiger partial charge on any atom is -0.469 e. The van der Waals surface area contributed by atoms with Crippen LogP contribution in [-0.4, -0.2) is 88.9 Å². The molecule has 0 rings (SSSR count). The number of carbonyl (C=O) groups is 5. The molecule has 0 unspecified atom stereocenters. The van der Waals surface area contributed by atoms with Crippen molar-refractivity contribution in [1.82, 2.24) is 4.90 Å². The molecule has 0 atom stereocenters. The molecule has 54 heavy (non-hydrogen) atoms. The molecular weight excluding hydrogens is 690 g/mol. The van der Waals surface area contributed by atoms with Crippen LogP contribution < -0.4 is 0 Å². The summed E-state index contributed by atoms with van der Waals surface area (Å²) in [6.07, 6.45) is 26.6. The molecule has 0 saturated carbocycles. The summed E-state index contributed by atoms with van der Waals surface area (Å²) < 4.78 is 26.0. The summed E-state index contributed by atoms with van der Waals surface area (Å²) in [6, 6.07) is 0. The molecule has 0 aromatic heterocycles. The van der Waals surface area contributed by atoms with Gasteiger partial charge in [-0.2, -0.15) is 0 Å². The fraction of sp³-hybridized carbons (Fsp3) is 0.884. The van der Waals surface area contributed by atoms with Crippen LogP contribution in [0.4, 0.5) is 0 Å². The predicted octanol–water partition coefficient (Wildman–Crippen LogP) is 9.60. The first-order chi connectivity index (χ1) is 26.2. The number of nitrogens with zero attached hydrogens (tertiary/aromatic N) is 1. The molecule has 316 valence electrons. The Morgan fingerprint density at radius 1 is 0.389 bits per heavy atom. The number of methoxy groups -OCH3 is 2. The molecule has 0 N–H and O–H groups in total. The minimum atomic E-state index is -0.148. The number of esters is 5. The van der Waals surface area contributed by atoms with Gasteiger partial charge in [-0.05, 0) is 91.3 Å². The van der Waals surface area contributed by atoms with Crippen molar-refractivity contribution in [3.8, 4) is 0 Å². The van der Waals surface area contributed by atoms with Gasteiger partial charge in [0.05, 0.1) is 27.4 Å². The molecule has 0 aliphatic heterocycles. The van der Waals surface area contributed by atoms with Crippen LogP contribution in [0.3, 0.4) is 0 Å². The molecule has 0 aliphatic rings. The molecule has 0 aromatic rings. The molecule has 0 spiro atoms. The zero-order chi connectivity index (χ0) is 39.9. The number of hydrogen-bond donors (Lipinski definition) is 0. The SMILES string of the molecule is COC(=O)CCCCCCCCOC(=O)CCCCCCCC(CCCCCCCC(=O)OCCCCCCCCC(=O)OC)OC(=O)CCCN(C)C. The van der Waals surface area contributed by atoms with Gasteiger partial charge in [0, 0.05) is 32.1 Å². The molecule has 11 heteroatoms. The molecule has 0 aliphatic carbocycles. The highest BCUT2D eigenvalue weighted by atomic mass is 16.5. The lowest BCUT2D eigenvalue weighted by Crippen LogP contribution is -2.20. The standard InChI is InChI=1S/C43H79NO10/c1-44(2)35-27-34-43(49)54-38(28-19-11-9-15-23-32-41(47)52-36-25-17-7-5-13-21-30-39(45)50-3)29-20-12-10-16-24-33-42(48)53-37-26-18-8-6-14-22-31-40(46)51-4/h38H,5-37H2,1-4H3. The number of ether oxygens (including phenoxy) is 5. The number of carbonyl (C=O) groups excluding carboxylic acids is 5. The first kappa shape index (κ1) is 51.3. The second-order valence-electron chi connectivity index (χ2n) is 15.0. The van der Waals surface area contributed by atoms with Crippen molar-refractivity contribution in [2.45, 2.75) is 199 Å². The maximum atomic E-state index is 12.5. The van der Waals surface area contributed by atoms with Gasteiger partial charge in [0.25, 0.3) is 0 Å². The van der Waals surface area contributed by atoms with Gasteiger partial charge in [0.15, 0.2) is 0 Å². The summed E-state index contributed by atoms with van der Waals surface area (Å²) in [5.41, 5.74) is 0. The highest BCUT2D eigenvalue weighted by Gasteiger charge is 2.15. The maximum absolute atomic E-state index is 12.5. The van der Waals surface area contributed by atoms with E-state index in [2.05, 4.69) is 14.4 Å². The first-order valence-electron chi connectivity index (χ1n) is 21.5. The van der Waals surface area contributed by atoms with E-state index < -0.39 is 0 Å². The van der Waals surface area contributed by atoms with Gasteiger partial charge in [0.1, 0.15) is 6.10 Å². The third kappa shape index (κ3) is 37.6. The van der Waals surface area contributed by atoms with Crippen molar-refractivity contribution >= 4 is 29.8 Å². The van der Waals surface area contributed by atoms with Crippen LogP contribution >= 0.6 is 0 Å². The average molecular weight is 770 g/mol. The van der Waals surface area contributed by atoms with E-state index >= 15 is 0 Å². The highest BCUT2D eigenvalue weighted by Crippen LogP contribution is 2.18. The molecule has 0 aromatic carbocycles. The molecule has 0 radical (unpaired) electrons. The summed E-state index contributed by atoms with van der Waals surface area (Å²) in [5, 5.41) is 0. The molecule has 0 amide bonds. The summed E-state index contributed by atoms with van der Waals surface area (Å²) in [4.78, 5) is 61.0. The summed E-state index contributed by atoms with van der Waals surface area (Å²) in [6.45, 7) is 1.83. The Labute approximate surface area is 328 Å². The predicted molar refractivity (Wildman–Crippen MR) is 213 cm³/mol. The van der Waals surface area contributed by atoms with Crippen LogP contribution in [0.15, 0.2) is 0 Å². The number of unbranched alkanes of at least 4 members (excludes halogenated alkanes) is 18. The second kappa shape index (κ2) is 38.6. The summed E-state index contributed by atoms with van der Waals surface area (Å²) >= 11 is 0. The molecule has 0 saturated heterocycles. The van der Waals surface area contributed by atoms with Gasteiger partial charge >= 0.3 is 29.8 Å². The van der Waals surface area contributed by atoms with Crippen molar-refractivity contribution in [2.75, 3.05) is 48.1 Å². The molecular formula is C43H79NO10. The Balaban J connectivity index is 4.01. The van der Waals surface area contributed by atoms with Crippen LogP contribution in [0.2, 0.25) is 0 Å². The lowest BCUT2D eigenvalue weighted by Gasteiger charge is -2.18. The Morgan fingerprint density at radius 3 is 1.07 bits per heavy atom. The van der Waals surface area contributed by atoms with Crippen molar-refractivity contribution in [3.05, 3.63) is 0 Å². The molecule has 0 fully saturated rings. The van der Waals surface area contributed by atoms with Gasteiger partial charge in [0.2, 0.25) is 0 Å². The quantitative estimate of drug-likeness (QED) is 0.0336. The third-order valence-corrected chi connectivity index (χ3v) is 9.63. The van der Waals surface area contributed by atoms with Gasteiger partial charge in [-0.25, -0.2) is 0 Å². The van der Waals surface area contributed by atoms with Crippen LogP contribution in [0.1, 0.15) is 193 Å². The zero-order valence-electron chi connectivity index (χ0n) is 34.9. The van der Waals surface area contributed by atoms with Crippen molar-refractivity contribution < 1.29 is 47.7 Å². The molecule has 0 heterocycles. The minimum absolute atomic E-state index is 0.0541. The van der Waals surface area contributed by atoms with E-state index in [-0.39, 0.29) is 36.0 Å². The molecule has 11 nitrogen and oxygen atoms in total. The van der Waals surface area contributed by atoms with Crippen molar-refractivity contribution in [2.24, 2.45) is 0 Å². The lowest BCUT2D eigenvalue weighted by molar-refractivity contribution is -0.150. The monoisotopic (exact) mass is 770 g/mol. The van der Waals surface area contributed by atoms with E-state index in [0.29, 0.717) is 45.3 Å². The first-order valence-corrected chi connectivity index (χ1v) is 21.5. The Bertz CT molecular complexity index is 881. The van der Waals surface area contributed by atoms with E-state index in [4.69, 9.17) is 14.2 Å². The Hall–Kier alpha value is -2.69. The van der Waals surface area contributed by atoms with Gasteiger partial charge in [-0.15, -0.1) is 0 Å². The fourth-order valence-corrected chi connectivity index (χ4v) is 6.27. The fourth-order valence-electron chi connectivity index (χ4n) is 6.27. The van der Waals surface area contributed by atoms with E-state index in [1.165, 1.54) is 14.2 Å². The second-order valence-corrected chi connectivity index (χ2v) is 15.0. The van der Waals surface area contributed by atoms with Crippen LogP contribution in [-0.2, 0) is 47.7 Å². The topological polar surface area (TPSA) is 135 Å². The van der Waals surface area contributed by atoms with E-state index in [1.54, 1.807) is 0 Å². The lowest BCUT2D eigenvalue weighted by atomic mass is 10.0. The normalized spacial score (nSPS) is 11.1. The van der Waals surface area contributed by atoms with E-state index in [0.717, 1.165) is 167 Å². The smallest absolute Gasteiger partial charge is 0.306 e. The molecule has 0 bridgehead atoms. The van der Waals surface area contributed by atoms with Gasteiger partial charge in [-0.3, -0.25) is 24.0 Å². The van der Waals surface area contributed by atoms with Crippen molar-refractivity contribution in [1.29, 1.82) is 0 Å². The third-order valence-electron chi connectivity index (χ3n) is 9.63. The average Bonchev–Trinajstić information content (AvgIpc) is 3.15. The summed E-state index contributed by atoms with van der Waals surface area (Å²) in [7, 11) is 6.85. The van der Waals surface area contributed by atoms with Gasteiger partial charge in [-0.1, -0.05) is 89.9 Å². The Morgan fingerprint density at radius 2 is 0.704 bits per heavy atom. The van der Waals surface area contributed by atoms with Crippen LogP contribution in [0.25, 0.3) is 0 Å². The number of hydrogen-bond acceptors (Lipinski definition) is 11. The maximum Gasteiger partial charge on any atom is 0.306 e. The highest BCUT2D eigenvalue weighted by molar-refractivity contribution is 5.70. The Kier molecular flexibility index (Phi) is 36.7.